The van der Waals surface area contributed by atoms with Gasteiger partial charge in [0.1, 0.15) is 5.75 Å². The van der Waals surface area contributed by atoms with Crippen molar-refractivity contribution in [1.82, 2.24) is 10.3 Å². The molecule has 164 valence electrons. The van der Waals surface area contributed by atoms with Crippen LogP contribution in [0.4, 0.5) is 0 Å². The fourth-order valence-electron chi connectivity index (χ4n) is 3.48. The third-order valence-electron chi connectivity index (χ3n) is 5.00. The molecule has 0 radical (unpaired) electrons. The summed E-state index contributed by atoms with van der Waals surface area (Å²) in [5, 5.41) is 19.5. The molecule has 0 bridgehead atoms. The van der Waals surface area contributed by atoms with Gasteiger partial charge in [0, 0.05) is 13.0 Å². The number of rotatable bonds is 8. The standard InChI is InChI=1S/C24H23N3O4S/c28-12-11-25-23(29)16-31-19-9-4-8-18(14-19)21-15-20(17-6-2-1-3-7-17)26-27(21)24(30)22-10-5-13-32-22/h1-10,13-14,21,28H,11-12,15-16H2,(H,25,29). The number of carbonyl (C=O) groups excluding carboxylic acids is 2. The highest BCUT2D eigenvalue weighted by Gasteiger charge is 2.34. The lowest BCUT2D eigenvalue weighted by molar-refractivity contribution is -0.123. The quantitative estimate of drug-likeness (QED) is 0.552. The molecule has 1 aromatic heterocycles. The summed E-state index contributed by atoms with van der Waals surface area (Å²) in [5.41, 5.74) is 2.69. The molecule has 1 unspecified atom stereocenters. The molecule has 0 aliphatic carbocycles. The Bertz CT molecular complexity index is 1100. The van der Waals surface area contributed by atoms with Crippen molar-refractivity contribution in [2.75, 3.05) is 19.8 Å². The number of nitrogens with zero attached hydrogens (tertiary/aromatic N) is 2. The Morgan fingerprint density at radius 2 is 1.97 bits per heavy atom. The number of hydrogen-bond acceptors (Lipinski definition) is 6. The van der Waals surface area contributed by atoms with Crippen molar-refractivity contribution in [3.05, 3.63) is 88.1 Å². The molecule has 4 rings (SSSR count). The van der Waals surface area contributed by atoms with E-state index in [4.69, 9.17) is 9.84 Å². The lowest BCUT2D eigenvalue weighted by atomic mass is 9.98. The van der Waals surface area contributed by atoms with E-state index in [0.29, 0.717) is 17.0 Å². The zero-order valence-corrected chi connectivity index (χ0v) is 18.1. The van der Waals surface area contributed by atoms with Gasteiger partial charge in [-0.15, -0.1) is 11.3 Å². The summed E-state index contributed by atoms with van der Waals surface area (Å²) in [4.78, 5) is 25.6. The highest BCUT2D eigenvalue weighted by atomic mass is 32.1. The van der Waals surface area contributed by atoms with Crippen molar-refractivity contribution in [3.63, 3.8) is 0 Å². The highest BCUT2D eigenvalue weighted by Crippen LogP contribution is 2.35. The molecule has 1 atom stereocenters. The smallest absolute Gasteiger partial charge is 0.284 e. The Kier molecular flexibility index (Phi) is 6.94. The van der Waals surface area contributed by atoms with E-state index in [1.165, 1.54) is 11.3 Å². The fourth-order valence-corrected chi connectivity index (χ4v) is 4.14. The van der Waals surface area contributed by atoms with Crippen molar-refractivity contribution in [3.8, 4) is 5.75 Å². The summed E-state index contributed by atoms with van der Waals surface area (Å²) < 4.78 is 5.61. The first kappa shape index (κ1) is 21.7. The number of aliphatic hydroxyl groups excluding tert-OH is 1. The largest absolute Gasteiger partial charge is 0.484 e. The van der Waals surface area contributed by atoms with Gasteiger partial charge in [-0.25, -0.2) is 5.01 Å². The van der Waals surface area contributed by atoms with Crippen LogP contribution < -0.4 is 10.1 Å². The van der Waals surface area contributed by atoms with Crippen LogP contribution in [-0.4, -0.2) is 47.4 Å². The maximum absolute atomic E-state index is 13.2. The molecular formula is C24H23N3O4S. The molecule has 2 amide bonds. The van der Waals surface area contributed by atoms with Gasteiger partial charge in [-0.2, -0.15) is 5.10 Å². The van der Waals surface area contributed by atoms with E-state index < -0.39 is 0 Å². The summed E-state index contributed by atoms with van der Waals surface area (Å²) in [6.45, 7) is -0.0951. The molecule has 3 aromatic rings. The van der Waals surface area contributed by atoms with Gasteiger partial charge in [0.25, 0.3) is 11.8 Å². The molecule has 0 saturated heterocycles. The van der Waals surface area contributed by atoms with E-state index >= 15 is 0 Å². The number of hydrogen-bond donors (Lipinski definition) is 2. The molecular weight excluding hydrogens is 426 g/mol. The minimum atomic E-state index is -0.311. The van der Waals surface area contributed by atoms with Crippen molar-refractivity contribution in [2.45, 2.75) is 12.5 Å². The van der Waals surface area contributed by atoms with Gasteiger partial charge < -0.3 is 15.2 Å². The van der Waals surface area contributed by atoms with Crippen LogP contribution >= 0.6 is 11.3 Å². The lowest BCUT2D eigenvalue weighted by Gasteiger charge is -2.22. The average Bonchev–Trinajstić information content (AvgIpc) is 3.52. The second-order valence-electron chi connectivity index (χ2n) is 7.19. The number of carbonyl (C=O) groups is 2. The summed E-state index contributed by atoms with van der Waals surface area (Å²) >= 11 is 1.39. The SMILES string of the molecule is O=C(COc1cccc(C2CC(c3ccccc3)=NN2C(=O)c2cccs2)c1)NCCO. The first-order valence-electron chi connectivity index (χ1n) is 10.3. The number of benzene rings is 2. The van der Waals surface area contributed by atoms with Crippen molar-refractivity contribution in [1.29, 1.82) is 0 Å². The monoisotopic (exact) mass is 449 g/mol. The van der Waals surface area contributed by atoms with Crippen LogP contribution in [0.5, 0.6) is 5.75 Å². The first-order chi connectivity index (χ1) is 15.7. The topological polar surface area (TPSA) is 91.2 Å². The van der Waals surface area contributed by atoms with E-state index in [9.17, 15) is 9.59 Å². The second kappa shape index (κ2) is 10.2. The summed E-state index contributed by atoms with van der Waals surface area (Å²) in [6.07, 6.45) is 0.571. The predicted octanol–water partition coefficient (Wildman–Crippen LogP) is 3.23. The molecule has 1 aliphatic heterocycles. The molecule has 2 N–H and O–H groups in total. The normalized spacial score (nSPS) is 15.3. The first-order valence-corrected chi connectivity index (χ1v) is 11.1. The Balaban J connectivity index is 1.57. The number of thiophene rings is 1. The zero-order chi connectivity index (χ0) is 22.3. The van der Waals surface area contributed by atoms with Gasteiger partial charge >= 0.3 is 0 Å². The van der Waals surface area contributed by atoms with Gasteiger partial charge in [-0.3, -0.25) is 9.59 Å². The zero-order valence-electron chi connectivity index (χ0n) is 17.3. The lowest BCUT2D eigenvalue weighted by Crippen LogP contribution is -2.31. The molecule has 0 fully saturated rings. The summed E-state index contributed by atoms with van der Waals surface area (Å²) in [6, 6.07) is 20.6. The van der Waals surface area contributed by atoms with Crippen molar-refractivity contribution in [2.24, 2.45) is 5.10 Å². The Morgan fingerprint density at radius 1 is 1.12 bits per heavy atom. The number of hydrazone groups is 1. The van der Waals surface area contributed by atoms with Gasteiger partial charge in [0.05, 0.1) is 23.2 Å². The Hall–Kier alpha value is -3.49. The number of aliphatic hydroxyl groups is 1. The van der Waals surface area contributed by atoms with E-state index in [-0.39, 0.29) is 37.6 Å². The maximum Gasteiger partial charge on any atom is 0.284 e. The van der Waals surface area contributed by atoms with Gasteiger partial charge in [-0.05, 0) is 34.7 Å². The third-order valence-corrected chi connectivity index (χ3v) is 5.86. The number of amides is 2. The molecule has 2 aromatic carbocycles. The van der Waals surface area contributed by atoms with Crippen LogP contribution in [0.1, 0.15) is 33.3 Å². The number of ether oxygens (including phenoxy) is 1. The molecule has 0 saturated carbocycles. The van der Waals surface area contributed by atoms with Crippen LogP contribution in [0, 0.1) is 0 Å². The van der Waals surface area contributed by atoms with E-state index in [1.807, 2.05) is 60.0 Å². The minimum absolute atomic E-state index is 0.124. The minimum Gasteiger partial charge on any atom is -0.484 e. The molecule has 8 heteroatoms. The van der Waals surface area contributed by atoms with Gasteiger partial charge in [0.2, 0.25) is 0 Å². The summed E-state index contributed by atoms with van der Waals surface area (Å²) in [5.74, 6) is 0.0680. The van der Waals surface area contributed by atoms with E-state index in [1.54, 1.807) is 17.1 Å². The average molecular weight is 450 g/mol. The Labute approximate surface area is 190 Å². The predicted molar refractivity (Wildman–Crippen MR) is 123 cm³/mol. The molecule has 7 nitrogen and oxygen atoms in total. The van der Waals surface area contributed by atoms with Crippen LogP contribution in [-0.2, 0) is 4.79 Å². The second-order valence-corrected chi connectivity index (χ2v) is 8.14. The van der Waals surface area contributed by atoms with Crippen LogP contribution in [0.2, 0.25) is 0 Å². The van der Waals surface area contributed by atoms with Crippen LogP contribution in [0.15, 0.2) is 77.2 Å². The number of nitrogens with one attached hydrogen (secondary N) is 1. The van der Waals surface area contributed by atoms with Crippen molar-refractivity contribution >= 4 is 28.9 Å². The van der Waals surface area contributed by atoms with Gasteiger partial charge in [-0.1, -0.05) is 48.5 Å². The van der Waals surface area contributed by atoms with Crippen molar-refractivity contribution < 1.29 is 19.4 Å². The molecule has 0 spiro atoms. The van der Waals surface area contributed by atoms with E-state index in [2.05, 4.69) is 10.4 Å². The maximum atomic E-state index is 13.2. The van der Waals surface area contributed by atoms with E-state index in [0.717, 1.165) is 16.8 Å². The van der Waals surface area contributed by atoms with Gasteiger partial charge in [0.15, 0.2) is 6.61 Å². The van der Waals surface area contributed by atoms with Crippen LogP contribution in [0.25, 0.3) is 0 Å². The Morgan fingerprint density at radius 3 is 2.72 bits per heavy atom. The third kappa shape index (κ3) is 5.04. The molecule has 2 heterocycles. The molecule has 32 heavy (non-hydrogen) atoms. The highest BCUT2D eigenvalue weighted by molar-refractivity contribution is 7.12. The molecule has 1 aliphatic rings. The van der Waals surface area contributed by atoms with Crippen LogP contribution in [0.3, 0.4) is 0 Å². The summed E-state index contributed by atoms with van der Waals surface area (Å²) in [7, 11) is 0. The fraction of sp³-hybridized carbons (Fsp3) is 0.208.